The Bertz CT molecular complexity index is 673. The highest BCUT2D eigenvalue weighted by Crippen LogP contribution is 2.24. The maximum Gasteiger partial charge on any atom is 0.225 e. The van der Waals surface area contributed by atoms with Crippen LogP contribution in [0, 0.1) is 5.95 Å². The van der Waals surface area contributed by atoms with Gasteiger partial charge in [0, 0.05) is 16.2 Å². The maximum absolute atomic E-state index is 14.1. The van der Waals surface area contributed by atoms with Crippen molar-refractivity contribution in [1.29, 1.82) is 0 Å². The topological polar surface area (TPSA) is 17.3 Å². The normalized spacial score (nSPS) is 10.9. The number of nitrogens with zero attached hydrogens (tertiary/aromatic N) is 2. The lowest BCUT2D eigenvalue weighted by Crippen LogP contribution is -1.87. The van der Waals surface area contributed by atoms with Gasteiger partial charge in [-0.15, -0.1) is 0 Å². The summed E-state index contributed by atoms with van der Waals surface area (Å²) in [6, 6.07) is 12.8. The lowest BCUT2D eigenvalue weighted by molar-refractivity contribution is 0.576. The molecule has 2 nitrogen and oxygen atoms in total. The number of hydrogen-bond acceptors (Lipinski definition) is 1. The van der Waals surface area contributed by atoms with Crippen LogP contribution in [-0.2, 0) is 0 Å². The van der Waals surface area contributed by atoms with Gasteiger partial charge < -0.3 is 0 Å². The molecule has 0 saturated heterocycles. The highest BCUT2D eigenvalue weighted by Gasteiger charge is 2.12. The standard InChI is InChI=1S/C13H8BrFN2/c14-10-6-4-9(5-7-10)12-13(15)17-8-2-1-3-11(17)16-12/h1-8H. The number of halogens is 2. The van der Waals surface area contributed by atoms with Gasteiger partial charge in [-0.3, -0.25) is 4.40 Å². The Hall–Kier alpha value is -1.68. The van der Waals surface area contributed by atoms with E-state index in [0.29, 0.717) is 11.3 Å². The average Bonchev–Trinajstić information content (AvgIpc) is 2.69. The summed E-state index contributed by atoms with van der Waals surface area (Å²) in [6.07, 6.45) is 1.67. The zero-order chi connectivity index (χ0) is 11.8. The smallest absolute Gasteiger partial charge is 0.225 e. The molecule has 0 unspecified atom stereocenters. The van der Waals surface area contributed by atoms with E-state index >= 15 is 0 Å². The van der Waals surface area contributed by atoms with Gasteiger partial charge in [-0.25, -0.2) is 4.98 Å². The number of fused-ring (bicyclic) bond motifs is 1. The zero-order valence-corrected chi connectivity index (χ0v) is 10.4. The Morgan fingerprint density at radius 3 is 2.53 bits per heavy atom. The van der Waals surface area contributed by atoms with E-state index in [2.05, 4.69) is 20.9 Å². The first kappa shape index (κ1) is 10.5. The molecule has 2 heterocycles. The van der Waals surface area contributed by atoms with E-state index in [0.717, 1.165) is 10.0 Å². The molecule has 0 saturated carbocycles. The van der Waals surface area contributed by atoms with Gasteiger partial charge in [-0.05, 0) is 24.3 Å². The van der Waals surface area contributed by atoms with Crippen LogP contribution in [0.25, 0.3) is 16.9 Å². The van der Waals surface area contributed by atoms with Gasteiger partial charge in [0.2, 0.25) is 5.95 Å². The minimum atomic E-state index is -0.331. The maximum atomic E-state index is 14.1. The van der Waals surface area contributed by atoms with Gasteiger partial charge in [0.05, 0.1) is 0 Å². The Balaban J connectivity index is 2.24. The molecule has 3 aromatic rings. The van der Waals surface area contributed by atoms with Crippen molar-refractivity contribution in [3.8, 4) is 11.3 Å². The summed E-state index contributed by atoms with van der Waals surface area (Å²) in [6.45, 7) is 0. The van der Waals surface area contributed by atoms with E-state index in [1.807, 2.05) is 30.3 Å². The summed E-state index contributed by atoms with van der Waals surface area (Å²) in [4.78, 5) is 4.28. The molecule has 0 aliphatic carbocycles. The fourth-order valence-electron chi connectivity index (χ4n) is 1.76. The summed E-state index contributed by atoms with van der Waals surface area (Å²) < 4.78 is 16.5. The van der Waals surface area contributed by atoms with Gasteiger partial charge in [0.1, 0.15) is 11.3 Å². The van der Waals surface area contributed by atoms with Crippen LogP contribution in [0.2, 0.25) is 0 Å². The third-order valence-electron chi connectivity index (χ3n) is 2.59. The molecular weight excluding hydrogens is 283 g/mol. The molecule has 0 atom stereocenters. The molecule has 84 valence electrons. The van der Waals surface area contributed by atoms with E-state index in [-0.39, 0.29) is 5.95 Å². The van der Waals surface area contributed by atoms with Crippen LogP contribution in [0.3, 0.4) is 0 Å². The molecule has 2 aromatic heterocycles. The molecular formula is C13H8BrFN2. The minimum Gasteiger partial charge on any atom is -0.276 e. The molecule has 0 radical (unpaired) electrons. The molecule has 0 amide bonds. The van der Waals surface area contributed by atoms with Crippen LogP contribution in [0.4, 0.5) is 4.39 Å². The fourth-order valence-corrected chi connectivity index (χ4v) is 2.02. The molecule has 17 heavy (non-hydrogen) atoms. The Morgan fingerprint density at radius 2 is 1.82 bits per heavy atom. The van der Waals surface area contributed by atoms with E-state index in [4.69, 9.17) is 0 Å². The highest BCUT2D eigenvalue weighted by atomic mass is 79.9. The van der Waals surface area contributed by atoms with Crippen molar-refractivity contribution in [3.63, 3.8) is 0 Å². The molecule has 0 N–H and O–H groups in total. The van der Waals surface area contributed by atoms with Gasteiger partial charge in [0.15, 0.2) is 0 Å². The molecule has 1 aromatic carbocycles. The molecule has 0 bridgehead atoms. The number of imidazole rings is 1. The molecule has 3 rings (SSSR count). The van der Waals surface area contributed by atoms with Crippen molar-refractivity contribution in [2.24, 2.45) is 0 Å². The summed E-state index contributed by atoms with van der Waals surface area (Å²) in [7, 11) is 0. The van der Waals surface area contributed by atoms with E-state index in [1.165, 1.54) is 4.40 Å². The van der Waals surface area contributed by atoms with E-state index in [9.17, 15) is 4.39 Å². The lowest BCUT2D eigenvalue weighted by Gasteiger charge is -1.97. The largest absolute Gasteiger partial charge is 0.276 e. The van der Waals surface area contributed by atoms with Crippen molar-refractivity contribution >= 4 is 21.6 Å². The summed E-state index contributed by atoms with van der Waals surface area (Å²) in [5, 5.41) is 0. The van der Waals surface area contributed by atoms with Crippen LogP contribution >= 0.6 is 15.9 Å². The fraction of sp³-hybridized carbons (Fsp3) is 0. The number of pyridine rings is 1. The second-order valence-electron chi connectivity index (χ2n) is 3.69. The number of rotatable bonds is 1. The van der Waals surface area contributed by atoms with Gasteiger partial charge >= 0.3 is 0 Å². The minimum absolute atomic E-state index is 0.331. The van der Waals surface area contributed by atoms with Crippen molar-refractivity contribution < 1.29 is 4.39 Å². The Labute approximate surface area is 106 Å². The monoisotopic (exact) mass is 290 g/mol. The van der Waals surface area contributed by atoms with E-state index in [1.54, 1.807) is 18.3 Å². The number of hydrogen-bond donors (Lipinski definition) is 0. The first-order valence-electron chi connectivity index (χ1n) is 5.14. The molecule has 0 fully saturated rings. The average molecular weight is 291 g/mol. The molecule has 0 aliphatic rings. The zero-order valence-electron chi connectivity index (χ0n) is 8.77. The number of aromatic nitrogens is 2. The van der Waals surface area contributed by atoms with Crippen molar-refractivity contribution in [3.05, 3.63) is 59.1 Å². The Kier molecular flexibility index (Phi) is 2.44. The van der Waals surface area contributed by atoms with Gasteiger partial charge in [-0.2, -0.15) is 4.39 Å². The van der Waals surface area contributed by atoms with Crippen LogP contribution < -0.4 is 0 Å². The predicted octanol–water partition coefficient (Wildman–Crippen LogP) is 3.90. The second kappa shape index (κ2) is 3.96. The molecule has 0 aliphatic heterocycles. The Morgan fingerprint density at radius 1 is 1.06 bits per heavy atom. The first-order valence-corrected chi connectivity index (χ1v) is 5.93. The SMILES string of the molecule is Fc1c(-c2ccc(Br)cc2)nc2ccccn12. The summed E-state index contributed by atoms with van der Waals surface area (Å²) in [5.74, 6) is -0.331. The molecule has 4 heteroatoms. The van der Waals surface area contributed by atoms with Crippen molar-refractivity contribution in [2.75, 3.05) is 0 Å². The predicted molar refractivity (Wildman–Crippen MR) is 68.3 cm³/mol. The lowest BCUT2D eigenvalue weighted by atomic mass is 10.2. The third-order valence-corrected chi connectivity index (χ3v) is 3.12. The summed E-state index contributed by atoms with van der Waals surface area (Å²) >= 11 is 3.35. The summed E-state index contributed by atoms with van der Waals surface area (Å²) in [5.41, 5.74) is 1.76. The first-order chi connectivity index (χ1) is 8.25. The number of benzene rings is 1. The second-order valence-corrected chi connectivity index (χ2v) is 4.60. The van der Waals surface area contributed by atoms with Gasteiger partial charge in [-0.1, -0.05) is 34.1 Å². The van der Waals surface area contributed by atoms with Crippen LogP contribution in [0.1, 0.15) is 0 Å². The van der Waals surface area contributed by atoms with Crippen LogP contribution in [-0.4, -0.2) is 9.38 Å². The van der Waals surface area contributed by atoms with E-state index < -0.39 is 0 Å². The highest BCUT2D eigenvalue weighted by molar-refractivity contribution is 9.10. The van der Waals surface area contributed by atoms with Crippen LogP contribution in [0.5, 0.6) is 0 Å². The van der Waals surface area contributed by atoms with Crippen molar-refractivity contribution in [2.45, 2.75) is 0 Å². The van der Waals surface area contributed by atoms with Crippen LogP contribution in [0.15, 0.2) is 53.1 Å². The van der Waals surface area contributed by atoms with Crippen molar-refractivity contribution in [1.82, 2.24) is 9.38 Å². The van der Waals surface area contributed by atoms with Gasteiger partial charge in [0.25, 0.3) is 0 Å². The third kappa shape index (κ3) is 1.74. The molecule has 0 spiro atoms. The quantitative estimate of drug-likeness (QED) is 0.664.